The highest BCUT2D eigenvalue weighted by atomic mass is 32.2. The van der Waals surface area contributed by atoms with Gasteiger partial charge in [-0.25, -0.2) is 0 Å². The number of nitrogens with zero attached hydrogens (tertiary/aromatic N) is 2. The summed E-state index contributed by atoms with van der Waals surface area (Å²) in [6, 6.07) is 24.6. The number of aryl methyl sites for hydroxylation is 1. The van der Waals surface area contributed by atoms with Crippen molar-refractivity contribution >= 4 is 29.1 Å². The van der Waals surface area contributed by atoms with Crippen molar-refractivity contribution in [2.75, 3.05) is 5.32 Å². The molecule has 164 valence electrons. The Morgan fingerprint density at radius 3 is 2.09 bits per heavy atom. The normalized spacial score (nSPS) is 10.6. The van der Waals surface area contributed by atoms with E-state index in [4.69, 9.17) is 0 Å². The predicted octanol–water partition coefficient (Wildman–Crippen LogP) is 5.15. The van der Waals surface area contributed by atoms with Crippen LogP contribution in [0.5, 0.6) is 0 Å². The van der Waals surface area contributed by atoms with Crippen LogP contribution in [0.25, 0.3) is 5.69 Å². The van der Waals surface area contributed by atoms with Gasteiger partial charge in [0, 0.05) is 27.8 Å². The van der Waals surface area contributed by atoms with Crippen molar-refractivity contribution in [1.29, 1.82) is 0 Å². The molecule has 0 spiro atoms. The van der Waals surface area contributed by atoms with Crippen molar-refractivity contribution in [3.63, 3.8) is 0 Å². The van der Waals surface area contributed by atoms with E-state index < -0.39 is 0 Å². The minimum atomic E-state index is -0.291. The maximum atomic E-state index is 12.6. The summed E-state index contributed by atoms with van der Waals surface area (Å²) in [4.78, 5) is 37.4. The van der Waals surface area contributed by atoms with Crippen LogP contribution in [0.2, 0.25) is 0 Å². The molecule has 0 bridgehead atoms. The molecule has 0 radical (unpaired) electrons. The Kier molecular flexibility index (Phi) is 6.51. The van der Waals surface area contributed by atoms with Crippen LogP contribution in [-0.2, 0) is 0 Å². The quantitative estimate of drug-likeness (QED) is 0.407. The maximum absolute atomic E-state index is 12.6. The molecule has 33 heavy (non-hydrogen) atoms. The van der Waals surface area contributed by atoms with E-state index >= 15 is 0 Å². The van der Waals surface area contributed by atoms with Gasteiger partial charge < -0.3 is 5.32 Å². The molecule has 1 N–H and O–H groups in total. The second-order valence-corrected chi connectivity index (χ2v) is 8.57. The summed E-state index contributed by atoms with van der Waals surface area (Å²) < 4.78 is 1.32. The SMILES string of the molecule is CC(=O)c1ccc(NC(=O)c2ccc(-n3nc(Sc4ccc(C)cc4)ccc3=O)cc2)cc1. The van der Waals surface area contributed by atoms with E-state index in [9.17, 15) is 14.4 Å². The van der Waals surface area contributed by atoms with Gasteiger partial charge >= 0.3 is 0 Å². The Hall–Kier alpha value is -3.97. The molecule has 1 aromatic heterocycles. The van der Waals surface area contributed by atoms with Crippen molar-refractivity contribution in [1.82, 2.24) is 9.78 Å². The van der Waals surface area contributed by atoms with E-state index in [0.717, 1.165) is 4.90 Å². The predicted molar refractivity (Wildman–Crippen MR) is 130 cm³/mol. The third kappa shape index (κ3) is 5.45. The van der Waals surface area contributed by atoms with E-state index in [0.29, 0.717) is 27.5 Å². The Bertz CT molecular complexity index is 1360. The van der Waals surface area contributed by atoms with Gasteiger partial charge in [0.05, 0.1) is 5.69 Å². The number of ketones is 1. The molecule has 1 amide bonds. The Morgan fingerprint density at radius 1 is 0.818 bits per heavy atom. The lowest BCUT2D eigenvalue weighted by Gasteiger charge is -2.09. The zero-order valence-electron chi connectivity index (χ0n) is 18.1. The first-order valence-electron chi connectivity index (χ1n) is 10.3. The number of carbonyl (C=O) groups is 2. The number of aromatic nitrogens is 2. The molecule has 0 aliphatic carbocycles. The molecule has 0 atom stereocenters. The van der Waals surface area contributed by atoms with Gasteiger partial charge in [0.25, 0.3) is 11.5 Å². The molecule has 0 aliphatic heterocycles. The first-order chi connectivity index (χ1) is 15.9. The van der Waals surface area contributed by atoms with Gasteiger partial charge in [-0.15, -0.1) is 0 Å². The zero-order chi connectivity index (χ0) is 23.4. The Labute approximate surface area is 195 Å². The van der Waals surface area contributed by atoms with E-state index in [1.807, 2.05) is 31.2 Å². The van der Waals surface area contributed by atoms with Gasteiger partial charge in [-0.05, 0) is 80.6 Å². The summed E-state index contributed by atoms with van der Waals surface area (Å²) in [6.07, 6.45) is 0. The first-order valence-corrected chi connectivity index (χ1v) is 11.1. The number of nitrogens with one attached hydrogen (secondary N) is 1. The van der Waals surface area contributed by atoms with Crippen molar-refractivity contribution in [3.8, 4) is 5.69 Å². The molecule has 0 saturated heterocycles. The van der Waals surface area contributed by atoms with Crippen molar-refractivity contribution < 1.29 is 9.59 Å². The summed E-state index contributed by atoms with van der Waals surface area (Å²) >= 11 is 1.47. The molecule has 7 heteroatoms. The van der Waals surface area contributed by atoms with Gasteiger partial charge in [-0.2, -0.15) is 9.78 Å². The fourth-order valence-corrected chi connectivity index (χ4v) is 3.88. The minimum Gasteiger partial charge on any atom is -0.322 e. The van der Waals surface area contributed by atoms with Gasteiger partial charge in [0.15, 0.2) is 5.78 Å². The summed E-state index contributed by atoms with van der Waals surface area (Å²) in [7, 11) is 0. The van der Waals surface area contributed by atoms with Crippen LogP contribution in [0.4, 0.5) is 5.69 Å². The molecule has 0 aliphatic rings. The molecular formula is C26H21N3O3S. The molecule has 0 fully saturated rings. The number of anilines is 1. The third-order valence-electron chi connectivity index (χ3n) is 4.94. The van der Waals surface area contributed by atoms with E-state index in [1.54, 1.807) is 54.6 Å². The fourth-order valence-electron chi connectivity index (χ4n) is 3.11. The largest absolute Gasteiger partial charge is 0.322 e. The highest BCUT2D eigenvalue weighted by Gasteiger charge is 2.09. The summed E-state index contributed by atoms with van der Waals surface area (Å²) in [5.41, 5.74) is 3.09. The van der Waals surface area contributed by atoms with E-state index in [1.165, 1.54) is 35.0 Å². The number of benzene rings is 3. The van der Waals surface area contributed by atoms with E-state index in [2.05, 4.69) is 10.4 Å². The molecule has 3 aromatic carbocycles. The van der Waals surface area contributed by atoms with Crippen LogP contribution >= 0.6 is 11.8 Å². The molecule has 4 rings (SSSR count). The fraction of sp³-hybridized carbons (Fsp3) is 0.0769. The lowest BCUT2D eigenvalue weighted by Crippen LogP contribution is -2.20. The Morgan fingerprint density at radius 2 is 1.45 bits per heavy atom. The summed E-state index contributed by atoms with van der Waals surface area (Å²) in [6.45, 7) is 3.52. The number of hydrogen-bond donors (Lipinski definition) is 1. The number of amides is 1. The topological polar surface area (TPSA) is 81.1 Å². The first kappa shape index (κ1) is 22.2. The zero-order valence-corrected chi connectivity index (χ0v) is 18.9. The van der Waals surface area contributed by atoms with E-state index in [-0.39, 0.29) is 17.2 Å². The monoisotopic (exact) mass is 455 g/mol. The van der Waals surface area contributed by atoms with Crippen LogP contribution in [0.15, 0.2) is 99.6 Å². The van der Waals surface area contributed by atoms with Crippen LogP contribution in [0.1, 0.15) is 33.2 Å². The maximum Gasteiger partial charge on any atom is 0.271 e. The second kappa shape index (κ2) is 9.67. The van der Waals surface area contributed by atoms with Crippen LogP contribution in [0.3, 0.4) is 0 Å². The Balaban J connectivity index is 1.50. The third-order valence-corrected chi connectivity index (χ3v) is 5.88. The molecule has 1 heterocycles. The highest BCUT2D eigenvalue weighted by molar-refractivity contribution is 7.99. The summed E-state index contributed by atoms with van der Waals surface area (Å²) in [5, 5.41) is 7.95. The lowest BCUT2D eigenvalue weighted by atomic mass is 10.1. The molecule has 6 nitrogen and oxygen atoms in total. The van der Waals surface area contributed by atoms with Crippen LogP contribution in [-0.4, -0.2) is 21.5 Å². The number of rotatable bonds is 6. The number of Topliss-reactive ketones (excluding diaryl/α,β-unsaturated/α-hetero) is 1. The van der Waals surface area contributed by atoms with Crippen molar-refractivity contribution in [2.24, 2.45) is 0 Å². The molecular weight excluding hydrogens is 434 g/mol. The number of carbonyl (C=O) groups excluding carboxylic acids is 2. The average molecular weight is 456 g/mol. The molecule has 0 unspecified atom stereocenters. The van der Waals surface area contributed by atoms with Gasteiger partial charge in [0.1, 0.15) is 5.03 Å². The smallest absolute Gasteiger partial charge is 0.271 e. The van der Waals surface area contributed by atoms with Gasteiger partial charge in [-0.1, -0.05) is 29.5 Å². The van der Waals surface area contributed by atoms with Crippen LogP contribution < -0.4 is 10.9 Å². The minimum absolute atomic E-state index is 0.0337. The second-order valence-electron chi connectivity index (χ2n) is 7.47. The average Bonchev–Trinajstić information content (AvgIpc) is 2.82. The standard InChI is InChI=1S/C26H21N3O3S/c1-17-3-13-23(14-4-17)33-24-15-16-25(31)29(28-24)22-11-7-20(8-12-22)26(32)27-21-9-5-19(6-10-21)18(2)30/h3-16H,1-2H3,(H,27,32). The van der Waals surface area contributed by atoms with Crippen molar-refractivity contribution in [3.05, 3.63) is 112 Å². The highest BCUT2D eigenvalue weighted by Crippen LogP contribution is 2.25. The van der Waals surface area contributed by atoms with Crippen molar-refractivity contribution in [2.45, 2.75) is 23.8 Å². The molecule has 0 saturated carbocycles. The number of hydrogen-bond acceptors (Lipinski definition) is 5. The van der Waals surface area contributed by atoms with Crippen LogP contribution in [0, 0.1) is 6.92 Å². The lowest BCUT2D eigenvalue weighted by molar-refractivity contribution is 0.101. The molecule has 4 aromatic rings. The van der Waals surface area contributed by atoms with Gasteiger partial charge in [0.2, 0.25) is 0 Å². The van der Waals surface area contributed by atoms with Gasteiger partial charge in [-0.3, -0.25) is 14.4 Å². The summed E-state index contributed by atoms with van der Waals surface area (Å²) in [5.74, 6) is -0.324.